The Balaban J connectivity index is 1.89. The monoisotopic (exact) mass is 270 g/mol. The highest BCUT2D eigenvalue weighted by Crippen LogP contribution is 2.21. The van der Waals surface area contributed by atoms with Gasteiger partial charge in [-0.3, -0.25) is 0 Å². The Bertz CT molecular complexity index is 592. The highest BCUT2D eigenvalue weighted by atomic mass is 15.2. The van der Waals surface area contributed by atoms with Crippen LogP contribution in [0.25, 0.3) is 5.69 Å². The Morgan fingerprint density at radius 3 is 2.10 bits per heavy atom. The predicted octanol–water partition coefficient (Wildman–Crippen LogP) is 2.21. The van der Waals surface area contributed by atoms with E-state index in [9.17, 15) is 0 Å². The first-order valence-corrected chi connectivity index (χ1v) is 7.25. The van der Waals surface area contributed by atoms with E-state index in [1.54, 1.807) is 0 Å². The molecule has 1 aliphatic heterocycles. The fourth-order valence-corrected chi connectivity index (χ4v) is 2.89. The van der Waals surface area contributed by atoms with Crippen molar-refractivity contribution in [3.8, 4) is 5.69 Å². The van der Waals surface area contributed by atoms with Gasteiger partial charge in [0.05, 0.1) is 5.69 Å². The number of aromatic nitrogens is 2. The standard InChI is InChI=1S/C16H22N4/c1-12-13(2)20(14(3)18-12)16-6-4-15(5-7-16)19-10-8-17-9-11-19/h4-7,17H,8-11H2,1-3H3. The lowest BCUT2D eigenvalue weighted by Gasteiger charge is -2.29. The number of benzene rings is 1. The van der Waals surface area contributed by atoms with Crippen LogP contribution in [0, 0.1) is 20.8 Å². The Labute approximate surface area is 120 Å². The maximum atomic E-state index is 4.54. The zero-order chi connectivity index (χ0) is 14.1. The lowest BCUT2D eigenvalue weighted by atomic mass is 10.2. The highest BCUT2D eigenvalue weighted by Gasteiger charge is 2.12. The number of aryl methyl sites for hydroxylation is 2. The van der Waals surface area contributed by atoms with E-state index in [2.05, 4.69) is 64.8 Å². The molecule has 0 amide bonds. The quantitative estimate of drug-likeness (QED) is 0.908. The SMILES string of the molecule is Cc1nc(C)n(-c2ccc(N3CCNCC3)cc2)c1C. The molecule has 0 unspecified atom stereocenters. The molecule has 0 bridgehead atoms. The predicted molar refractivity (Wildman–Crippen MR) is 82.9 cm³/mol. The first-order chi connectivity index (χ1) is 9.66. The summed E-state index contributed by atoms with van der Waals surface area (Å²) in [4.78, 5) is 6.97. The molecule has 3 rings (SSSR count). The topological polar surface area (TPSA) is 33.1 Å². The second-order valence-electron chi connectivity index (χ2n) is 5.42. The molecule has 0 saturated carbocycles. The van der Waals surface area contributed by atoms with Gasteiger partial charge in [0.25, 0.3) is 0 Å². The number of piperazine rings is 1. The third-order valence-corrected chi connectivity index (χ3v) is 4.10. The molecule has 0 spiro atoms. The minimum atomic E-state index is 1.05. The van der Waals surface area contributed by atoms with Gasteiger partial charge in [-0.25, -0.2) is 4.98 Å². The van der Waals surface area contributed by atoms with Gasteiger partial charge < -0.3 is 14.8 Å². The molecule has 0 aliphatic carbocycles. The first-order valence-electron chi connectivity index (χ1n) is 7.25. The molecule has 2 aromatic rings. The summed E-state index contributed by atoms with van der Waals surface area (Å²) in [5, 5.41) is 3.39. The van der Waals surface area contributed by atoms with Crippen LogP contribution in [0.4, 0.5) is 5.69 Å². The second-order valence-corrected chi connectivity index (χ2v) is 5.42. The number of anilines is 1. The van der Waals surface area contributed by atoms with E-state index in [0.717, 1.165) is 37.7 Å². The summed E-state index contributed by atoms with van der Waals surface area (Å²) >= 11 is 0. The van der Waals surface area contributed by atoms with E-state index in [1.165, 1.54) is 17.1 Å². The molecule has 1 N–H and O–H groups in total. The molecular formula is C16H22N4. The van der Waals surface area contributed by atoms with Gasteiger partial charge in [0.2, 0.25) is 0 Å². The molecule has 0 radical (unpaired) electrons. The number of imidazole rings is 1. The fraction of sp³-hybridized carbons (Fsp3) is 0.438. The molecule has 4 nitrogen and oxygen atoms in total. The number of rotatable bonds is 2. The van der Waals surface area contributed by atoms with Crippen LogP contribution in [0.15, 0.2) is 24.3 Å². The Morgan fingerprint density at radius 1 is 0.950 bits per heavy atom. The molecule has 0 atom stereocenters. The largest absolute Gasteiger partial charge is 0.369 e. The molecule has 1 fully saturated rings. The summed E-state index contributed by atoms with van der Waals surface area (Å²) in [5.41, 5.74) is 4.83. The third kappa shape index (κ3) is 2.31. The van der Waals surface area contributed by atoms with Crippen LogP contribution < -0.4 is 10.2 Å². The Hall–Kier alpha value is -1.81. The molecule has 20 heavy (non-hydrogen) atoms. The summed E-state index contributed by atoms with van der Waals surface area (Å²) in [6.45, 7) is 10.6. The maximum absolute atomic E-state index is 4.54. The number of nitrogens with one attached hydrogen (secondary N) is 1. The molecule has 1 aromatic heterocycles. The van der Waals surface area contributed by atoms with Crippen LogP contribution in [-0.4, -0.2) is 35.7 Å². The van der Waals surface area contributed by atoms with E-state index >= 15 is 0 Å². The Morgan fingerprint density at radius 2 is 1.55 bits per heavy atom. The lowest BCUT2D eigenvalue weighted by Crippen LogP contribution is -2.43. The number of hydrogen-bond donors (Lipinski definition) is 1. The first kappa shape index (κ1) is 13.2. The van der Waals surface area contributed by atoms with Gasteiger partial charge in [0.15, 0.2) is 0 Å². The molecule has 1 aromatic carbocycles. The van der Waals surface area contributed by atoms with Crippen molar-refractivity contribution in [3.63, 3.8) is 0 Å². The van der Waals surface area contributed by atoms with Crippen molar-refractivity contribution in [3.05, 3.63) is 41.5 Å². The van der Waals surface area contributed by atoms with Gasteiger partial charge in [0, 0.05) is 43.2 Å². The van der Waals surface area contributed by atoms with Gasteiger partial charge in [-0.2, -0.15) is 0 Å². The summed E-state index contributed by atoms with van der Waals surface area (Å²) in [5.74, 6) is 1.05. The molecule has 2 heterocycles. The molecule has 4 heteroatoms. The van der Waals surface area contributed by atoms with Crippen molar-refractivity contribution in [1.29, 1.82) is 0 Å². The van der Waals surface area contributed by atoms with Crippen molar-refractivity contribution >= 4 is 5.69 Å². The number of nitrogens with zero attached hydrogens (tertiary/aromatic N) is 3. The van der Waals surface area contributed by atoms with Crippen molar-refractivity contribution in [2.45, 2.75) is 20.8 Å². The average Bonchev–Trinajstić information content (AvgIpc) is 2.73. The minimum absolute atomic E-state index is 1.05. The highest BCUT2D eigenvalue weighted by molar-refractivity contribution is 5.52. The van der Waals surface area contributed by atoms with Crippen LogP contribution in [0.3, 0.4) is 0 Å². The summed E-state index contributed by atoms with van der Waals surface area (Å²) in [7, 11) is 0. The third-order valence-electron chi connectivity index (χ3n) is 4.10. The van der Waals surface area contributed by atoms with Crippen LogP contribution in [0.5, 0.6) is 0 Å². The van der Waals surface area contributed by atoms with Gasteiger partial charge in [0.1, 0.15) is 5.82 Å². The average molecular weight is 270 g/mol. The number of hydrogen-bond acceptors (Lipinski definition) is 3. The molecule has 1 saturated heterocycles. The Kier molecular flexibility index (Phi) is 3.49. The summed E-state index contributed by atoms with van der Waals surface area (Å²) < 4.78 is 2.22. The van der Waals surface area contributed by atoms with Crippen molar-refractivity contribution < 1.29 is 0 Å². The van der Waals surface area contributed by atoms with Crippen LogP contribution in [-0.2, 0) is 0 Å². The van der Waals surface area contributed by atoms with Gasteiger partial charge in [-0.05, 0) is 45.0 Å². The summed E-state index contributed by atoms with van der Waals surface area (Å²) in [6, 6.07) is 8.82. The molecule has 106 valence electrons. The van der Waals surface area contributed by atoms with Crippen LogP contribution in [0.2, 0.25) is 0 Å². The van der Waals surface area contributed by atoms with E-state index in [1.807, 2.05) is 0 Å². The van der Waals surface area contributed by atoms with Gasteiger partial charge in [-0.15, -0.1) is 0 Å². The van der Waals surface area contributed by atoms with Crippen molar-refractivity contribution in [2.75, 3.05) is 31.1 Å². The lowest BCUT2D eigenvalue weighted by molar-refractivity contribution is 0.589. The van der Waals surface area contributed by atoms with E-state index in [-0.39, 0.29) is 0 Å². The molecule has 1 aliphatic rings. The zero-order valence-electron chi connectivity index (χ0n) is 12.5. The van der Waals surface area contributed by atoms with E-state index < -0.39 is 0 Å². The van der Waals surface area contributed by atoms with Crippen molar-refractivity contribution in [2.24, 2.45) is 0 Å². The van der Waals surface area contributed by atoms with E-state index in [0.29, 0.717) is 0 Å². The van der Waals surface area contributed by atoms with E-state index in [4.69, 9.17) is 0 Å². The normalized spacial score (nSPS) is 15.7. The van der Waals surface area contributed by atoms with Gasteiger partial charge >= 0.3 is 0 Å². The minimum Gasteiger partial charge on any atom is -0.369 e. The fourth-order valence-electron chi connectivity index (χ4n) is 2.89. The summed E-state index contributed by atoms with van der Waals surface area (Å²) in [6.07, 6.45) is 0. The smallest absolute Gasteiger partial charge is 0.110 e. The van der Waals surface area contributed by atoms with Crippen LogP contribution in [0.1, 0.15) is 17.2 Å². The second kappa shape index (κ2) is 5.29. The zero-order valence-corrected chi connectivity index (χ0v) is 12.5. The van der Waals surface area contributed by atoms with Crippen molar-refractivity contribution in [1.82, 2.24) is 14.9 Å². The van der Waals surface area contributed by atoms with Crippen LogP contribution >= 0.6 is 0 Å². The maximum Gasteiger partial charge on any atom is 0.110 e. The molecular weight excluding hydrogens is 248 g/mol. The van der Waals surface area contributed by atoms with Gasteiger partial charge in [-0.1, -0.05) is 0 Å².